The summed E-state index contributed by atoms with van der Waals surface area (Å²) in [6.45, 7) is 9.71. The van der Waals surface area contributed by atoms with Gasteiger partial charge >= 0.3 is 0 Å². The van der Waals surface area contributed by atoms with E-state index in [1.165, 1.54) is 16.1 Å². The van der Waals surface area contributed by atoms with Crippen molar-refractivity contribution in [1.29, 1.82) is 0 Å². The molecule has 3 rings (SSSR count). The summed E-state index contributed by atoms with van der Waals surface area (Å²) < 4.78 is 7.70. The van der Waals surface area contributed by atoms with Crippen LogP contribution < -0.4 is 0 Å². The zero-order chi connectivity index (χ0) is 15.0. The van der Waals surface area contributed by atoms with Crippen LogP contribution in [0.1, 0.15) is 32.9 Å². The zero-order valence-electron chi connectivity index (χ0n) is 13.1. The van der Waals surface area contributed by atoms with Gasteiger partial charge in [-0.05, 0) is 20.8 Å². The molecule has 0 N–H and O–H groups in total. The summed E-state index contributed by atoms with van der Waals surface area (Å²) in [5, 5.41) is 5.68. The van der Waals surface area contributed by atoms with E-state index in [-0.39, 0.29) is 6.04 Å². The number of hydrogen-bond donors (Lipinski definition) is 0. The molecule has 1 aliphatic rings. The second kappa shape index (κ2) is 5.87. The van der Waals surface area contributed by atoms with Gasteiger partial charge in [0.25, 0.3) is 0 Å². The molecular weight excluding hydrogens is 284 g/mol. The first-order valence-electron chi connectivity index (χ1n) is 7.29. The number of nitrogens with zero attached hydrogens (tertiary/aromatic N) is 4. The summed E-state index contributed by atoms with van der Waals surface area (Å²) in [7, 11) is 2.01. The molecule has 1 aliphatic heterocycles. The second-order valence-corrected chi connectivity index (χ2v) is 6.93. The summed E-state index contributed by atoms with van der Waals surface area (Å²) in [4.78, 5) is 8.17. The largest absolute Gasteiger partial charge is 0.378 e. The molecule has 1 saturated heterocycles. The van der Waals surface area contributed by atoms with Crippen LogP contribution in [0.5, 0.6) is 0 Å². The van der Waals surface area contributed by atoms with Crippen molar-refractivity contribution in [3.05, 3.63) is 33.0 Å². The van der Waals surface area contributed by atoms with Gasteiger partial charge in [0.05, 0.1) is 30.0 Å². The Balaban J connectivity index is 1.87. The predicted molar refractivity (Wildman–Crippen MR) is 83.5 cm³/mol. The lowest BCUT2D eigenvalue weighted by Gasteiger charge is -2.35. The fraction of sp³-hybridized carbons (Fsp3) is 0.600. The summed E-state index contributed by atoms with van der Waals surface area (Å²) in [5.74, 6) is 0. The molecule has 3 heterocycles. The fourth-order valence-corrected chi connectivity index (χ4v) is 3.86. The van der Waals surface area contributed by atoms with Gasteiger partial charge in [0.1, 0.15) is 0 Å². The molecule has 1 unspecified atom stereocenters. The van der Waals surface area contributed by atoms with E-state index in [1.807, 2.05) is 17.9 Å². The smallest absolute Gasteiger partial charge is 0.0897 e. The van der Waals surface area contributed by atoms with Crippen molar-refractivity contribution in [1.82, 2.24) is 19.7 Å². The molecule has 0 bridgehead atoms. The standard InChI is InChI=1S/C15H22N4OS/c1-10-15(11(2)18(4)17-10)14-9-20-6-5-19(14)8-13-7-16-12(3)21-13/h7,14H,5-6,8-9H2,1-4H3. The highest BCUT2D eigenvalue weighted by atomic mass is 32.1. The minimum atomic E-state index is 0.287. The Kier molecular flexibility index (Phi) is 4.10. The quantitative estimate of drug-likeness (QED) is 0.873. The molecule has 2 aromatic heterocycles. The third-order valence-corrected chi connectivity index (χ3v) is 5.06. The molecule has 21 heavy (non-hydrogen) atoms. The zero-order valence-corrected chi connectivity index (χ0v) is 13.9. The van der Waals surface area contributed by atoms with E-state index in [9.17, 15) is 0 Å². The fourth-order valence-electron chi connectivity index (χ4n) is 3.04. The highest BCUT2D eigenvalue weighted by Gasteiger charge is 2.29. The van der Waals surface area contributed by atoms with E-state index in [4.69, 9.17) is 4.74 Å². The third kappa shape index (κ3) is 2.88. The van der Waals surface area contributed by atoms with Crippen molar-refractivity contribution < 1.29 is 4.74 Å². The van der Waals surface area contributed by atoms with Crippen LogP contribution in [0.3, 0.4) is 0 Å². The summed E-state index contributed by atoms with van der Waals surface area (Å²) in [6, 6.07) is 0.287. The number of aryl methyl sites for hydroxylation is 3. The minimum Gasteiger partial charge on any atom is -0.378 e. The molecule has 0 radical (unpaired) electrons. The van der Waals surface area contributed by atoms with Gasteiger partial charge in [-0.1, -0.05) is 0 Å². The molecule has 114 valence electrons. The first-order chi connectivity index (χ1) is 10.1. The Morgan fingerprint density at radius 1 is 1.38 bits per heavy atom. The van der Waals surface area contributed by atoms with E-state index in [2.05, 4.69) is 35.8 Å². The molecule has 6 heteroatoms. The Bertz CT molecular complexity index is 634. The van der Waals surface area contributed by atoms with E-state index in [0.29, 0.717) is 0 Å². The monoisotopic (exact) mass is 306 g/mol. The maximum atomic E-state index is 5.74. The maximum absolute atomic E-state index is 5.74. The third-order valence-electron chi connectivity index (χ3n) is 4.17. The number of thiazole rings is 1. The number of aromatic nitrogens is 3. The number of hydrogen-bond acceptors (Lipinski definition) is 5. The van der Waals surface area contributed by atoms with Crippen molar-refractivity contribution in [3.63, 3.8) is 0 Å². The van der Waals surface area contributed by atoms with Gasteiger partial charge in [0.2, 0.25) is 0 Å². The lowest BCUT2D eigenvalue weighted by atomic mass is 10.0. The molecule has 0 aromatic carbocycles. The number of rotatable bonds is 3. The van der Waals surface area contributed by atoms with Gasteiger partial charge in [-0.3, -0.25) is 9.58 Å². The topological polar surface area (TPSA) is 43.2 Å². The van der Waals surface area contributed by atoms with Crippen LogP contribution in [-0.2, 0) is 18.3 Å². The van der Waals surface area contributed by atoms with Gasteiger partial charge in [-0.15, -0.1) is 11.3 Å². The van der Waals surface area contributed by atoms with Crippen LogP contribution in [0, 0.1) is 20.8 Å². The number of ether oxygens (including phenoxy) is 1. The Hall–Kier alpha value is -1.24. The predicted octanol–water partition coefficient (Wildman–Crippen LogP) is 2.38. The van der Waals surface area contributed by atoms with Crippen molar-refractivity contribution in [2.45, 2.75) is 33.4 Å². The SMILES string of the molecule is Cc1ncc(CN2CCOCC2c2c(C)nn(C)c2C)s1. The van der Waals surface area contributed by atoms with E-state index >= 15 is 0 Å². The molecule has 2 aromatic rings. The van der Waals surface area contributed by atoms with Crippen LogP contribution >= 0.6 is 11.3 Å². The van der Waals surface area contributed by atoms with Gasteiger partial charge in [-0.2, -0.15) is 5.10 Å². The first-order valence-corrected chi connectivity index (χ1v) is 8.11. The van der Waals surface area contributed by atoms with Crippen LogP contribution in [-0.4, -0.2) is 39.4 Å². The average molecular weight is 306 g/mol. The van der Waals surface area contributed by atoms with Crippen LogP contribution in [0.2, 0.25) is 0 Å². The molecule has 0 amide bonds. The molecule has 0 aliphatic carbocycles. The molecule has 0 spiro atoms. The number of morpholine rings is 1. The molecule has 5 nitrogen and oxygen atoms in total. The Labute approximate surface area is 129 Å². The van der Waals surface area contributed by atoms with E-state index in [0.717, 1.165) is 37.0 Å². The lowest BCUT2D eigenvalue weighted by Crippen LogP contribution is -2.39. The van der Waals surface area contributed by atoms with Gasteiger partial charge < -0.3 is 4.74 Å². The van der Waals surface area contributed by atoms with Gasteiger partial charge in [0.15, 0.2) is 0 Å². The first kappa shape index (κ1) is 14.7. The summed E-state index contributed by atoms with van der Waals surface area (Å²) >= 11 is 1.78. The van der Waals surface area contributed by atoms with E-state index in [1.54, 1.807) is 11.3 Å². The van der Waals surface area contributed by atoms with Crippen LogP contribution in [0.25, 0.3) is 0 Å². The highest BCUT2D eigenvalue weighted by molar-refractivity contribution is 7.11. The van der Waals surface area contributed by atoms with Crippen molar-refractivity contribution in [2.24, 2.45) is 7.05 Å². The summed E-state index contributed by atoms with van der Waals surface area (Å²) in [6.07, 6.45) is 2.00. The van der Waals surface area contributed by atoms with Crippen LogP contribution in [0.15, 0.2) is 6.20 Å². The van der Waals surface area contributed by atoms with Crippen LogP contribution in [0.4, 0.5) is 0 Å². The van der Waals surface area contributed by atoms with Gasteiger partial charge in [0, 0.05) is 42.5 Å². The highest BCUT2D eigenvalue weighted by Crippen LogP contribution is 2.31. The lowest BCUT2D eigenvalue weighted by molar-refractivity contribution is -0.0127. The molecule has 0 saturated carbocycles. The van der Waals surface area contributed by atoms with Crippen molar-refractivity contribution in [2.75, 3.05) is 19.8 Å². The van der Waals surface area contributed by atoms with Crippen molar-refractivity contribution in [3.8, 4) is 0 Å². The Morgan fingerprint density at radius 2 is 2.19 bits per heavy atom. The Morgan fingerprint density at radius 3 is 2.81 bits per heavy atom. The minimum absolute atomic E-state index is 0.287. The maximum Gasteiger partial charge on any atom is 0.0897 e. The van der Waals surface area contributed by atoms with Crippen molar-refractivity contribution >= 4 is 11.3 Å². The summed E-state index contributed by atoms with van der Waals surface area (Å²) in [5.41, 5.74) is 3.66. The average Bonchev–Trinajstić information content (AvgIpc) is 2.96. The van der Waals surface area contributed by atoms with Gasteiger partial charge in [-0.25, -0.2) is 4.98 Å². The molecular formula is C15H22N4OS. The molecule has 1 atom stereocenters. The second-order valence-electron chi connectivity index (χ2n) is 5.61. The van der Waals surface area contributed by atoms with E-state index < -0.39 is 0 Å². The normalized spacial score (nSPS) is 20.1. The molecule has 1 fully saturated rings.